The van der Waals surface area contributed by atoms with Crippen LogP contribution in [0.25, 0.3) is 0 Å². The van der Waals surface area contributed by atoms with Crippen molar-refractivity contribution in [3.8, 4) is 0 Å². The maximum absolute atomic E-state index is 5.57. The maximum atomic E-state index is 5.57. The Morgan fingerprint density at radius 2 is 2.36 bits per heavy atom. The zero-order chi connectivity index (χ0) is 8.48. The maximum Gasteiger partial charge on any atom is 0.123 e. The summed E-state index contributed by atoms with van der Waals surface area (Å²) in [4.78, 5) is 0. The van der Waals surface area contributed by atoms with Crippen LogP contribution in [0.3, 0.4) is 0 Å². The summed E-state index contributed by atoms with van der Waals surface area (Å²) >= 11 is 0. The number of ether oxygens (including phenoxy) is 1. The zero-order valence-corrected chi connectivity index (χ0v) is 7.98. The van der Waals surface area contributed by atoms with E-state index in [2.05, 4.69) is 27.0 Å². The van der Waals surface area contributed by atoms with Gasteiger partial charge in [-0.05, 0) is 18.3 Å². The Labute approximate surface area is 70.1 Å². The van der Waals surface area contributed by atoms with Crippen molar-refractivity contribution in [2.24, 2.45) is 5.92 Å². The fourth-order valence-corrected chi connectivity index (χ4v) is 1.98. The lowest BCUT2D eigenvalue weighted by Crippen LogP contribution is -2.39. The molecule has 64 valence electrons. The van der Waals surface area contributed by atoms with Crippen molar-refractivity contribution in [3.63, 3.8) is 0 Å². The van der Waals surface area contributed by atoms with Gasteiger partial charge in [0.2, 0.25) is 0 Å². The van der Waals surface area contributed by atoms with E-state index in [-0.39, 0.29) is 5.60 Å². The van der Waals surface area contributed by atoms with Crippen LogP contribution < -0.4 is 5.32 Å². The molecule has 2 unspecified atom stereocenters. The Bertz CT molecular complexity index is 136. The minimum Gasteiger partial charge on any atom is -0.377 e. The fraction of sp³-hybridized carbons (Fsp3) is 1.00. The number of nitrogens with one attached hydrogen (secondary N) is 1. The lowest BCUT2D eigenvalue weighted by molar-refractivity contribution is -0.0279. The molecule has 0 saturated carbocycles. The van der Waals surface area contributed by atoms with Crippen molar-refractivity contribution in [2.45, 2.75) is 31.8 Å². The molecule has 0 aromatic heterocycles. The van der Waals surface area contributed by atoms with Gasteiger partial charge in [0.15, 0.2) is 0 Å². The van der Waals surface area contributed by atoms with Crippen molar-refractivity contribution in [3.05, 3.63) is 0 Å². The van der Waals surface area contributed by atoms with Crippen molar-refractivity contribution in [1.82, 2.24) is 5.32 Å². The quantitative estimate of drug-likeness (QED) is 0.566. The molecule has 1 aliphatic rings. The second kappa shape index (κ2) is 3.15. The van der Waals surface area contributed by atoms with E-state index < -0.39 is 0 Å². The van der Waals surface area contributed by atoms with E-state index in [0.29, 0.717) is 11.9 Å². The first-order valence-electron chi connectivity index (χ1n) is 4.45. The summed E-state index contributed by atoms with van der Waals surface area (Å²) in [5.41, 5.74) is 0.0966. The lowest BCUT2D eigenvalue weighted by atomic mass is 9.78. The van der Waals surface area contributed by atoms with E-state index in [0.717, 1.165) is 13.0 Å². The highest BCUT2D eigenvalue weighted by atomic mass is 16.5. The van der Waals surface area contributed by atoms with E-state index in [9.17, 15) is 0 Å². The smallest absolute Gasteiger partial charge is 0.123 e. The van der Waals surface area contributed by atoms with Crippen LogP contribution in [-0.2, 0) is 4.74 Å². The largest absolute Gasteiger partial charge is 0.377 e. The highest BCUT2D eigenvalue weighted by Crippen LogP contribution is 2.31. The monoisotopic (exact) mass is 155 g/mol. The molecule has 3 heteroatoms. The molecule has 0 aromatic rings. The standard InChI is InChI=1S/C8H18BNO/c1-4-8(11-3)5-10-7(9)6(8)2/h6-7,10H,4-5,9H2,1-3H3/t6?,7?,8-/m1/s1. The van der Waals surface area contributed by atoms with Gasteiger partial charge < -0.3 is 10.1 Å². The second-order valence-electron chi connectivity index (χ2n) is 3.58. The topological polar surface area (TPSA) is 21.3 Å². The molecule has 0 spiro atoms. The molecule has 1 N–H and O–H groups in total. The molecule has 2 nitrogen and oxygen atoms in total. The molecule has 0 aromatic carbocycles. The van der Waals surface area contributed by atoms with Gasteiger partial charge in [-0.3, -0.25) is 0 Å². The van der Waals surface area contributed by atoms with Crippen LogP contribution in [0.15, 0.2) is 0 Å². The van der Waals surface area contributed by atoms with E-state index >= 15 is 0 Å². The van der Waals surface area contributed by atoms with Crippen LogP contribution in [0.4, 0.5) is 0 Å². The van der Waals surface area contributed by atoms with E-state index in [1.165, 1.54) is 0 Å². The van der Waals surface area contributed by atoms with Gasteiger partial charge >= 0.3 is 0 Å². The predicted octanol–water partition coefficient (Wildman–Crippen LogP) is -0.0199. The van der Waals surface area contributed by atoms with E-state index in [4.69, 9.17) is 4.74 Å². The van der Waals surface area contributed by atoms with Crippen molar-refractivity contribution in [2.75, 3.05) is 13.7 Å². The van der Waals surface area contributed by atoms with Gasteiger partial charge in [0, 0.05) is 13.7 Å². The summed E-state index contributed by atoms with van der Waals surface area (Å²) < 4.78 is 5.57. The first-order valence-corrected chi connectivity index (χ1v) is 4.45. The first kappa shape index (κ1) is 9.08. The summed E-state index contributed by atoms with van der Waals surface area (Å²) in [6.45, 7) is 5.46. The Balaban J connectivity index is 2.69. The molecule has 0 aliphatic carbocycles. The van der Waals surface area contributed by atoms with Gasteiger partial charge in [-0.2, -0.15) is 0 Å². The molecule has 0 amide bonds. The number of methoxy groups -OCH3 is 1. The average Bonchev–Trinajstić information content (AvgIpc) is 2.32. The van der Waals surface area contributed by atoms with E-state index in [1.54, 1.807) is 0 Å². The molecular weight excluding hydrogens is 137 g/mol. The van der Waals surface area contributed by atoms with Crippen LogP contribution in [-0.4, -0.2) is 33.0 Å². The summed E-state index contributed by atoms with van der Waals surface area (Å²) in [6.07, 6.45) is 1.10. The molecule has 1 rings (SSSR count). The Morgan fingerprint density at radius 1 is 1.73 bits per heavy atom. The molecule has 11 heavy (non-hydrogen) atoms. The van der Waals surface area contributed by atoms with Crippen molar-refractivity contribution >= 4 is 7.85 Å². The zero-order valence-electron chi connectivity index (χ0n) is 7.98. The van der Waals surface area contributed by atoms with Gasteiger partial charge in [-0.15, -0.1) is 0 Å². The van der Waals surface area contributed by atoms with Crippen LogP contribution >= 0.6 is 0 Å². The number of hydrogen-bond acceptors (Lipinski definition) is 2. The molecule has 1 heterocycles. The summed E-state index contributed by atoms with van der Waals surface area (Å²) in [5.74, 6) is 1.22. The normalized spacial score (nSPS) is 44.6. The van der Waals surface area contributed by atoms with Gasteiger partial charge in [-0.25, -0.2) is 0 Å². The molecule has 1 fully saturated rings. The Hall–Kier alpha value is -0.0151. The Kier molecular flexibility index (Phi) is 2.60. The molecule has 1 saturated heterocycles. The highest BCUT2D eigenvalue weighted by Gasteiger charge is 2.42. The summed E-state index contributed by atoms with van der Waals surface area (Å²) in [7, 11) is 4.04. The molecule has 0 bridgehead atoms. The molecule has 3 atom stereocenters. The minimum atomic E-state index is 0.0966. The van der Waals surface area contributed by atoms with Gasteiger partial charge in [0.05, 0.1) is 5.60 Å². The Morgan fingerprint density at radius 3 is 2.55 bits per heavy atom. The summed E-state index contributed by atoms with van der Waals surface area (Å²) in [5, 5.41) is 3.44. The van der Waals surface area contributed by atoms with Gasteiger partial charge in [0.25, 0.3) is 0 Å². The third-order valence-electron chi connectivity index (χ3n) is 3.31. The highest BCUT2D eigenvalue weighted by molar-refractivity contribution is 6.12. The van der Waals surface area contributed by atoms with Crippen molar-refractivity contribution in [1.29, 1.82) is 0 Å². The molecule has 0 radical (unpaired) electrons. The van der Waals surface area contributed by atoms with Crippen LogP contribution in [0.5, 0.6) is 0 Å². The SMILES string of the molecule is BC1NC[C@@](CC)(OC)C1C. The van der Waals surface area contributed by atoms with Gasteiger partial charge in [-0.1, -0.05) is 13.8 Å². The molecule has 1 aliphatic heterocycles. The van der Waals surface area contributed by atoms with Crippen LogP contribution in [0, 0.1) is 5.92 Å². The van der Waals surface area contributed by atoms with Crippen LogP contribution in [0.1, 0.15) is 20.3 Å². The van der Waals surface area contributed by atoms with Crippen molar-refractivity contribution < 1.29 is 4.74 Å². The first-order chi connectivity index (χ1) is 5.16. The van der Waals surface area contributed by atoms with E-state index in [1.807, 2.05) is 7.11 Å². The molecular formula is C8H18BNO. The number of hydrogen-bond donors (Lipinski definition) is 1. The van der Waals surface area contributed by atoms with Crippen LogP contribution in [0.2, 0.25) is 0 Å². The second-order valence-corrected chi connectivity index (χ2v) is 3.58. The summed E-state index contributed by atoms with van der Waals surface area (Å²) in [6, 6.07) is 0. The van der Waals surface area contributed by atoms with Gasteiger partial charge in [0.1, 0.15) is 7.85 Å². The fourth-order valence-electron chi connectivity index (χ4n) is 1.98. The minimum absolute atomic E-state index is 0.0966. The third kappa shape index (κ3) is 1.32. The predicted molar refractivity (Wildman–Crippen MR) is 49.5 cm³/mol. The lowest BCUT2D eigenvalue weighted by Gasteiger charge is -2.31. The third-order valence-corrected chi connectivity index (χ3v) is 3.31. The number of rotatable bonds is 2. The average molecular weight is 155 g/mol.